The van der Waals surface area contributed by atoms with E-state index in [-0.39, 0.29) is 24.0 Å². The second-order valence-corrected chi connectivity index (χ2v) is 6.69. The van der Waals surface area contributed by atoms with Crippen LogP contribution in [0.4, 0.5) is 0 Å². The van der Waals surface area contributed by atoms with Crippen LogP contribution in [0.1, 0.15) is 46.4 Å². The normalized spacial score (nSPS) is 19.5. The molecule has 2 atom stereocenters. The van der Waals surface area contributed by atoms with Crippen molar-refractivity contribution in [1.82, 2.24) is 9.80 Å². The van der Waals surface area contributed by atoms with Gasteiger partial charge in [0.25, 0.3) is 11.8 Å². The molecule has 1 fully saturated rings. The van der Waals surface area contributed by atoms with Crippen molar-refractivity contribution in [3.8, 4) is 0 Å². The molecule has 0 spiro atoms. The lowest BCUT2D eigenvalue weighted by Crippen LogP contribution is -2.46. The lowest BCUT2D eigenvalue weighted by atomic mass is 10.1. The molecule has 0 bridgehead atoms. The SMILES string of the molecule is COC(=O)[C@@H]1CCCN1C(=O)CC[C@@H](C(=O)O)N1C(=O)c2ccccc2C1=O. The summed E-state index contributed by atoms with van der Waals surface area (Å²) >= 11 is 0. The zero-order valence-electron chi connectivity index (χ0n) is 15.3. The summed E-state index contributed by atoms with van der Waals surface area (Å²) in [6.45, 7) is 0.378. The van der Waals surface area contributed by atoms with Crippen LogP contribution in [0.25, 0.3) is 0 Å². The van der Waals surface area contributed by atoms with Crippen LogP contribution in [0.5, 0.6) is 0 Å². The Morgan fingerprint density at radius 3 is 2.32 bits per heavy atom. The summed E-state index contributed by atoms with van der Waals surface area (Å²) in [7, 11) is 1.24. The number of imide groups is 1. The Kier molecular flexibility index (Phi) is 5.43. The summed E-state index contributed by atoms with van der Waals surface area (Å²) in [5.74, 6) is -3.66. The van der Waals surface area contributed by atoms with Gasteiger partial charge in [0, 0.05) is 13.0 Å². The van der Waals surface area contributed by atoms with Gasteiger partial charge < -0.3 is 14.7 Å². The molecule has 28 heavy (non-hydrogen) atoms. The van der Waals surface area contributed by atoms with Gasteiger partial charge in [0.15, 0.2) is 0 Å². The van der Waals surface area contributed by atoms with Gasteiger partial charge >= 0.3 is 11.9 Å². The molecular weight excluding hydrogens is 368 g/mol. The number of esters is 1. The molecule has 9 heteroatoms. The maximum atomic E-state index is 12.5. The minimum Gasteiger partial charge on any atom is -0.480 e. The number of likely N-dealkylation sites (tertiary alicyclic amines) is 1. The van der Waals surface area contributed by atoms with Crippen molar-refractivity contribution in [1.29, 1.82) is 0 Å². The Labute approximate surface area is 160 Å². The van der Waals surface area contributed by atoms with Crippen LogP contribution in [0.3, 0.4) is 0 Å². The number of nitrogens with zero attached hydrogens (tertiary/aromatic N) is 2. The fraction of sp³-hybridized carbons (Fsp3) is 0.421. The molecule has 3 amide bonds. The third-order valence-electron chi connectivity index (χ3n) is 5.10. The highest BCUT2D eigenvalue weighted by Crippen LogP contribution is 2.27. The number of carbonyl (C=O) groups excluding carboxylic acids is 4. The minimum atomic E-state index is -1.46. The maximum absolute atomic E-state index is 12.5. The van der Waals surface area contributed by atoms with E-state index in [2.05, 4.69) is 0 Å². The van der Waals surface area contributed by atoms with Crippen molar-refractivity contribution in [2.75, 3.05) is 13.7 Å². The summed E-state index contributed by atoms with van der Waals surface area (Å²) in [5, 5.41) is 9.56. The number of hydrogen-bond donors (Lipinski definition) is 1. The van der Waals surface area contributed by atoms with Crippen LogP contribution in [0.2, 0.25) is 0 Å². The zero-order valence-corrected chi connectivity index (χ0v) is 15.3. The molecule has 1 saturated heterocycles. The molecule has 1 N–H and O–H groups in total. The number of aliphatic carboxylic acids is 1. The van der Waals surface area contributed by atoms with Gasteiger partial charge in [-0.15, -0.1) is 0 Å². The number of benzene rings is 1. The van der Waals surface area contributed by atoms with Gasteiger partial charge in [-0.25, -0.2) is 9.59 Å². The van der Waals surface area contributed by atoms with Crippen molar-refractivity contribution in [2.24, 2.45) is 0 Å². The molecule has 0 aromatic heterocycles. The number of amides is 3. The van der Waals surface area contributed by atoms with E-state index in [9.17, 15) is 29.1 Å². The molecule has 0 saturated carbocycles. The fourth-order valence-corrected chi connectivity index (χ4v) is 3.70. The first-order valence-corrected chi connectivity index (χ1v) is 8.93. The van der Waals surface area contributed by atoms with Gasteiger partial charge in [0.2, 0.25) is 5.91 Å². The second kappa shape index (κ2) is 7.79. The second-order valence-electron chi connectivity index (χ2n) is 6.69. The number of methoxy groups -OCH3 is 1. The van der Waals surface area contributed by atoms with Crippen LogP contribution in [-0.2, 0) is 19.1 Å². The predicted molar refractivity (Wildman–Crippen MR) is 94.4 cm³/mol. The van der Waals surface area contributed by atoms with Crippen molar-refractivity contribution in [3.63, 3.8) is 0 Å². The van der Waals surface area contributed by atoms with Gasteiger partial charge in [-0.05, 0) is 31.4 Å². The number of ether oxygens (including phenoxy) is 1. The topological polar surface area (TPSA) is 121 Å². The Morgan fingerprint density at radius 2 is 1.79 bits per heavy atom. The van der Waals surface area contributed by atoms with Crippen LogP contribution in [-0.4, -0.2) is 70.3 Å². The van der Waals surface area contributed by atoms with E-state index in [4.69, 9.17) is 4.74 Å². The van der Waals surface area contributed by atoms with Gasteiger partial charge in [-0.1, -0.05) is 12.1 Å². The first-order chi connectivity index (χ1) is 13.4. The van der Waals surface area contributed by atoms with Gasteiger partial charge in [0.1, 0.15) is 12.1 Å². The first-order valence-electron chi connectivity index (χ1n) is 8.93. The van der Waals surface area contributed by atoms with E-state index in [1.165, 1.54) is 24.1 Å². The largest absolute Gasteiger partial charge is 0.480 e. The summed E-state index contributed by atoms with van der Waals surface area (Å²) in [4.78, 5) is 63.2. The van der Waals surface area contributed by atoms with E-state index in [0.717, 1.165) is 0 Å². The smallest absolute Gasteiger partial charge is 0.328 e. The van der Waals surface area contributed by atoms with Crippen LogP contribution in [0, 0.1) is 0 Å². The molecule has 0 radical (unpaired) electrons. The predicted octanol–water partition coefficient (Wildman–Crippen LogP) is 0.680. The highest BCUT2D eigenvalue weighted by atomic mass is 16.5. The van der Waals surface area contributed by atoms with E-state index >= 15 is 0 Å². The van der Waals surface area contributed by atoms with Crippen molar-refractivity contribution in [2.45, 2.75) is 37.8 Å². The van der Waals surface area contributed by atoms with Crippen LogP contribution < -0.4 is 0 Å². The number of rotatable bonds is 6. The summed E-state index contributed by atoms with van der Waals surface area (Å²) in [5.41, 5.74) is 0.297. The summed E-state index contributed by atoms with van der Waals surface area (Å²) in [6.07, 6.45) is 0.688. The van der Waals surface area contributed by atoms with Crippen molar-refractivity contribution < 1.29 is 33.8 Å². The first kappa shape index (κ1) is 19.5. The van der Waals surface area contributed by atoms with Gasteiger partial charge in [-0.3, -0.25) is 19.3 Å². The van der Waals surface area contributed by atoms with Gasteiger partial charge in [0.05, 0.1) is 18.2 Å². The average molecular weight is 388 g/mol. The maximum Gasteiger partial charge on any atom is 0.328 e. The quantitative estimate of drug-likeness (QED) is 0.562. The van der Waals surface area contributed by atoms with E-state index in [1.54, 1.807) is 12.1 Å². The Balaban J connectivity index is 1.72. The molecule has 1 aromatic carbocycles. The molecule has 2 aliphatic rings. The minimum absolute atomic E-state index is 0.148. The lowest BCUT2D eigenvalue weighted by molar-refractivity contribution is -0.151. The molecule has 148 valence electrons. The third-order valence-corrected chi connectivity index (χ3v) is 5.10. The molecule has 2 heterocycles. The number of fused-ring (bicyclic) bond motifs is 1. The molecular formula is C19H20N2O7. The molecule has 9 nitrogen and oxygen atoms in total. The van der Waals surface area contributed by atoms with Crippen LogP contribution >= 0.6 is 0 Å². The van der Waals surface area contributed by atoms with E-state index < -0.39 is 41.7 Å². The van der Waals surface area contributed by atoms with Crippen molar-refractivity contribution >= 4 is 29.7 Å². The van der Waals surface area contributed by atoms with Crippen LogP contribution in [0.15, 0.2) is 24.3 Å². The Hall–Kier alpha value is -3.23. The lowest BCUT2D eigenvalue weighted by Gasteiger charge is -2.25. The van der Waals surface area contributed by atoms with Crippen molar-refractivity contribution in [3.05, 3.63) is 35.4 Å². The monoisotopic (exact) mass is 388 g/mol. The number of carbonyl (C=O) groups is 5. The van der Waals surface area contributed by atoms with E-state index in [0.29, 0.717) is 24.3 Å². The average Bonchev–Trinajstić information content (AvgIpc) is 3.27. The standard InChI is InChI=1S/C19H20N2O7/c1-28-19(27)14-7-4-10-20(14)15(22)9-8-13(18(25)26)21-16(23)11-5-2-3-6-12(11)17(21)24/h2-3,5-6,13-14H,4,7-10H2,1H3,(H,25,26)/t13-,14-/m0/s1. The van der Waals surface area contributed by atoms with Gasteiger partial charge in [-0.2, -0.15) is 0 Å². The van der Waals surface area contributed by atoms with E-state index in [1.807, 2.05) is 0 Å². The third kappa shape index (κ3) is 3.35. The molecule has 1 aromatic rings. The summed E-state index contributed by atoms with van der Waals surface area (Å²) in [6, 6.07) is 3.96. The number of carboxylic acid groups (broad SMARTS) is 1. The summed E-state index contributed by atoms with van der Waals surface area (Å²) < 4.78 is 4.70. The highest BCUT2D eigenvalue weighted by molar-refractivity contribution is 6.22. The highest BCUT2D eigenvalue weighted by Gasteiger charge is 2.43. The Morgan fingerprint density at radius 1 is 1.18 bits per heavy atom. The molecule has 3 rings (SSSR count). The number of carboxylic acids is 1. The zero-order chi connectivity index (χ0) is 20.4. The molecule has 2 aliphatic heterocycles. The molecule has 0 aliphatic carbocycles. The Bertz CT molecular complexity index is 815. The molecule has 0 unspecified atom stereocenters. The fourth-order valence-electron chi connectivity index (χ4n) is 3.70. The number of hydrogen-bond acceptors (Lipinski definition) is 6.